The van der Waals surface area contributed by atoms with E-state index in [0.717, 1.165) is 17.7 Å². The van der Waals surface area contributed by atoms with Crippen LogP contribution < -0.4 is 10.1 Å². The fourth-order valence-corrected chi connectivity index (χ4v) is 2.46. The van der Waals surface area contributed by atoms with Crippen molar-refractivity contribution in [2.45, 2.75) is 45.6 Å². The second kappa shape index (κ2) is 8.37. The molecule has 0 aliphatic carbocycles. The molecule has 0 heterocycles. The molecule has 1 amide bonds. The number of para-hydroxylation sites is 2. The van der Waals surface area contributed by atoms with E-state index in [-0.39, 0.29) is 5.91 Å². The number of hydrogen-bond acceptors (Lipinski definition) is 2. The van der Waals surface area contributed by atoms with Gasteiger partial charge in [0.05, 0.1) is 0 Å². The summed E-state index contributed by atoms with van der Waals surface area (Å²) in [4.78, 5) is 12.6. The molecule has 2 atom stereocenters. The zero-order valence-corrected chi connectivity index (χ0v) is 14.1. The Kier molecular flexibility index (Phi) is 6.21. The molecule has 1 N–H and O–H groups in total. The largest absolute Gasteiger partial charge is 0.481 e. The summed E-state index contributed by atoms with van der Waals surface area (Å²) in [5, 5.41) is 3.03. The van der Waals surface area contributed by atoms with E-state index in [2.05, 4.69) is 25.2 Å². The summed E-state index contributed by atoms with van der Waals surface area (Å²) in [5.41, 5.74) is 2.04. The van der Waals surface area contributed by atoms with Crippen LogP contribution in [0.15, 0.2) is 54.6 Å². The first-order valence-electron chi connectivity index (χ1n) is 8.27. The van der Waals surface area contributed by atoms with Gasteiger partial charge in [0.1, 0.15) is 5.75 Å². The number of carbonyl (C=O) groups excluding carboxylic acids is 1. The number of carbonyl (C=O) groups is 1. The molecule has 0 radical (unpaired) electrons. The SMILES string of the molecule is CC[C@H](Oc1ccccc1)C(=O)Nc1ccccc1[C@H](C)CC. The average molecular weight is 311 g/mol. The molecule has 23 heavy (non-hydrogen) atoms. The van der Waals surface area contributed by atoms with Crippen LogP contribution in [0, 0.1) is 0 Å². The average Bonchev–Trinajstić information content (AvgIpc) is 2.60. The smallest absolute Gasteiger partial charge is 0.265 e. The number of ether oxygens (including phenoxy) is 1. The van der Waals surface area contributed by atoms with Gasteiger partial charge in [-0.15, -0.1) is 0 Å². The maximum Gasteiger partial charge on any atom is 0.265 e. The van der Waals surface area contributed by atoms with Crippen LogP contribution in [0.3, 0.4) is 0 Å². The molecule has 0 aliphatic heterocycles. The first kappa shape index (κ1) is 17.1. The zero-order chi connectivity index (χ0) is 16.7. The van der Waals surface area contributed by atoms with Crippen LogP contribution in [0.4, 0.5) is 5.69 Å². The van der Waals surface area contributed by atoms with Gasteiger partial charge in [-0.2, -0.15) is 0 Å². The minimum Gasteiger partial charge on any atom is -0.481 e. The Morgan fingerprint density at radius 3 is 2.30 bits per heavy atom. The van der Waals surface area contributed by atoms with Crippen molar-refractivity contribution >= 4 is 11.6 Å². The summed E-state index contributed by atoms with van der Waals surface area (Å²) in [6.07, 6.45) is 1.15. The quantitative estimate of drug-likeness (QED) is 0.781. The number of amides is 1. The maximum absolute atomic E-state index is 12.6. The maximum atomic E-state index is 12.6. The summed E-state index contributed by atoms with van der Waals surface area (Å²) in [6, 6.07) is 17.4. The predicted octanol–water partition coefficient (Wildman–Crippen LogP) is 5.00. The molecule has 3 nitrogen and oxygen atoms in total. The zero-order valence-electron chi connectivity index (χ0n) is 14.1. The Bertz CT molecular complexity index is 625. The van der Waals surface area contributed by atoms with Crippen LogP contribution in [0.5, 0.6) is 5.75 Å². The molecule has 0 aliphatic rings. The minimum atomic E-state index is -0.498. The van der Waals surface area contributed by atoms with Crippen molar-refractivity contribution in [1.29, 1.82) is 0 Å². The highest BCUT2D eigenvalue weighted by molar-refractivity contribution is 5.95. The van der Waals surface area contributed by atoms with Gasteiger partial charge in [0.15, 0.2) is 6.10 Å². The molecule has 0 saturated carbocycles. The van der Waals surface area contributed by atoms with Gasteiger partial charge in [0.2, 0.25) is 0 Å². The number of nitrogens with one attached hydrogen (secondary N) is 1. The van der Waals surface area contributed by atoms with Crippen LogP contribution in [0.2, 0.25) is 0 Å². The summed E-state index contributed by atoms with van der Waals surface area (Å²) >= 11 is 0. The third kappa shape index (κ3) is 4.59. The van der Waals surface area contributed by atoms with Crippen molar-refractivity contribution in [2.75, 3.05) is 5.32 Å². The predicted molar refractivity (Wildman–Crippen MR) is 94.9 cm³/mol. The molecule has 2 aromatic carbocycles. The topological polar surface area (TPSA) is 38.3 Å². The standard InChI is InChI=1S/C20H25NO2/c1-4-15(3)17-13-9-10-14-18(17)21-20(22)19(5-2)23-16-11-7-6-8-12-16/h6-15,19H,4-5H2,1-3H3,(H,21,22)/t15-,19+/m1/s1. The second-order valence-electron chi connectivity index (χ2n) is 5.71. The number of hydrogen-bond donors (Lipinski definition) is 1. The summed E-state index contributed by atoms with van der Waals surface area (Å²) in [7, 11) is 0. The van der Waals surface area contributed by atoms with Gasteiger partial charge >= 0.3 is 0 Å². The summed E-state index contributed by atoms with van der Waals surface area (Å²) in [6.45, 7) is 6.27. The van der Waals surface area contributed by atoms with E-state index in [9.17, 15) is 4.79 Å². The van der Waals surface area contributed by atoms with E-state index >= 15 is 0 Å². The van der Waals surface area contributed by atoms with Crippen LogP contribution in [0.1, 0.15) is 45.1 Å². The highest BCUT2D eigenvalue weighted by Gasteiger charge is 2.20. The highest BCUT2D eigenvalue weighted by Crippen LogP contribution is 2.27. The molecule has 3 heteroatoms. The molecule has 122 valence electrons. The third-order valence-electron chi connectivity index (χ3n) is 4.05. The molecule has 0 unspecified atom stereocenters. The van der Waals surface area contributed by atoms with E-state index in [1.165, 1.54) is 0 Å². The van der Waals surface area contributed by atoms with Crippen LogP contribution in [-0.2, 0) is 4.79 Å². The first-order valence-corrected chi connectivity index (χ1v) is 8.27. The van der Waals surface area contributed by atoms with E-state index in [4.69, 9.17) is 4.74 Å². The Morgan fingerprint density at radius 1 is 1.00 bits per heavy atom. The van der Waals surface area contributed by atoms with Gasteiger partial charge in [0.25, 0.3) is 5.91 Å². The third-order valence-corrected chi connectivity index (χ3v) is 4.05. The van der Waals surface area contributed by atoms with Crippen molar-refractivity contribution in [2.24, 2.45) is 0 Å². The van der Waals surface area contributed by atoms with Crippen molar-refractivity contribution in [3.63, 3.8) is 0 Å². The van der Waals surface area contributed by atoms with Gasteiger partial charge in [-0.05, 0) is 42.5 Å². The van der Waals surface area contributed by atoms with E-state index < -0.39 is 6.10 Å². The molecule has 0 bridgehead atoms. The van der Waals surface area contributed by atoms with Gasteiger partial charge in [0, 0.05) is 5.69 Å². The van der Waals surface area contributed by atoms with Crippen LogP contribution in [0.25, 0.3) is 0 Å². The molecule has 0 saturated heterocycles. The number of benzene rings is 2. The van der Waals surface area contributed by atoms with Gasteiger partial charge in [-0.3, -0.25) is 4.79 Å². The van der Waals surface area contributed by atoms with Crippen LogP contribution in [-0.4, -0.2) is 12.0 Å². The molecular formula is C20H25NO2. The summed E-state index contributed by atoms with van der Waals surface area (Å²) in [5.74, 6) is 1.01. The molecular weight excluding hydrogens is 286 g/mol. The van der Waals surface area contributed by atoms with Gasteiger partial charge in [-0.1, -0.05) is 57.2 Å². The second-order valence-corrected chi connectivity index (χ2v) is 5.71. The lowest BCUT2D eigenvalue weighted by Gasteiger charge is -2.20. The Morgan fingerprint density at radius 2 is 1.65 bits per heavy atom. The van der Waals surface area contributed by atoms with E-state index in [1.54, 1.807) is 0 Å². The Balaban J connectivity index is 2.11. The molecule has 2 aromatic rings. The minimum absolute atomic E-state index is 0.105. The lowest BCUT2D eigenvalue weighted by molar-refractivity contribution is -0.122. The normalized spacial score (nSPS) is 13.2. The molecule has 0 spiro atoms. The first-order chi connectivity index (χ1) is 11.2. The molecule has 2 rings (SSSR count). The number of anilines is 1. The fraction of sp³-hybridized carbons (Fsp3) is 0.350. The van der Waals surface area contributed by atoms with Gasteiger partial charge < -0.3 is 10.1 Å². The van der Waals surface area contributed by atoms with Crippen molar-refractivity contribution in [3.8, 4) is 5.75 Å². The Labute approximate surface area is 138 Å². The fourth-order valence-electron chi connectivity index (χ4n) is 2.46. The number of rotatable bonds is 7. The molecule has 0 aromatic heterocycles. The monoisotopic (exact) mass is 311 g/mol. The summed E-state index contributed by atoms with van der Waals surface area (Å²) < 4.78 is 5.81. The van der Waals surface area contributed by atoms with Crippen LogP contribution >= 0.6 is 0 Å². The van der Waals surface area contributed by atoms with Gasteiger partial charge in [-0.25, -0.2) is 0 Å². The van der Waals surface area contributed by atoms with Crippen molar-refractivity contribution in [1.82, 2.24) is 0 Å². The Hall–Kier alpha value is -2.29. The lowest BCUT2D eigenvalue weighted by Crippen LogP contribution is -2.32. The van der Waals surface area contributed by atoms with E-state index in [0.29, 0.717) is 18.1 Å². The van der Waals surface area contributed by atoms with E-state index in [1.807, 2.05) is 55.5 Å². The van der Waals surface area contributed by atoms with Crippen molar-refractivity contribution < 1.29 is 9.53 Å². The molecule has 0 fully saturated rings. The van der Waals surface area contributed by atoms with Crippen molar-refractivity contribution in [3.05, 3.63) is 60.2 Å². The highest BCUT2D eigenvalue weighted by atomic mass is 16.5. The lowest BCUT2D eigenvalue weighted by atomic mass is 9.97.